The van der Waals surface area contributed by atoms with Crippen molar-refractivity contribution in [2.45, 2.75) is 49.9 Å². The van der Waals surface area contributed by atoms with Gasteiger partial charge in [0.2, 0.25) is 0 Å². The van der Waals surface area contributed by atoms with Gasteiger partial charge in [0.25, 0.3) is 5.91 Å². The number of hydrogen-bond acceptors (Lipinski definition) is 7. The van der Waals surface area contributed by atoms with Gasteiger partial charge in [-0.3, -0.25) is 14.7 Å². The number of carbonyl (C=O) groups excluding carboxylic acids is 1. The van der Waals surface area contributed by atoms with E-state index in [0.29, 0.717) is 11.6 Å². The van der Waals surface area contributed by atoms with E-state index in [0.717, 1.165) is 32.5 Å². The van der Waals surface area contributed by atoms with E-state index >= 15 is 0 Å². The first-order valence-corrected chi connectivity index (χ1v) is 11.8. The van der Waals surface area contributed by atoms with Gasteiger partial charge in [0.1, 0.15) is 0 Å². The van der Waals surface area contributed by atoms with E-state index < -0.39 is 24.3 Å². The van der Waals surface area contributed by atoms with Gasteiger partial charge in [0.05, 0.1) is 17.7 Å². The van der Waals surface area contributed by atoms with Gasteiger partial charge in [0.15, 0.2) is 0 Å². The summed E-state index contributed by atoms with van der Waals surface area (Å²) >= 11 is 1.73. The number of aliphatic carboxylic acids is 2. The lowest BCUT2D eigenvalue weighted by Gasteiger charge is -2.32. The van der Waals surface area contributed by atoms with Crippen LogP contribution in [0, 0.1) is 0 Å². The van der Waals surface area contributed by atoms with Crippen molar-refractivity contribution in [3.63, 3.8) is 0 Å². The fourth-order valence-corrected chi connectivity index (χ4v) is 4.39. The number of amides is 1. The third kappa shape index (κ3) is 9.57. The summed E-state index contributed by atoms with van der Waals surface area (Å²) in [6.45, 7) is 2.54. The quantitative estimate of drug-likeness (QED) is 0.476. The Morgan fingerprint density at radius 1 is 1.11 bits per heavy atom. The Labute approximate surface area is 216 Å². The Morgan fingerprint density at radius 2 is 1.74 bits per heavy atom. The monoisotopic (exact) mass is 571 g/mol. The van der Waals surface area contributed by atoms with Gasteiger partial charge in [-0.15, -0.1) is 0 Å². The average Bonchev–Trinajstić information content (AvgIpc) is 3.48. The molecule has 2 saturated heterocycles. The van der Waals surface area contributed by atoms with Gasteiger partial charge in [-0.1, -0.05) is 0 Å². The molecule has 0 aromatic carbocycles. The number of fused-ring (bicyclic) bond motifs is 1. The van der Waals surface area contributed by atoms with Crippen molar-refractivity contribution < 1.29 is 55.7 Å². The SMILES string of the molecule is O=C(N[C@H]1CN(Cc2ccsc2)[C@@H]2CCCO[C@H]12)c1cccnc1.O=C(O)C(F)(F)F.O=C(O)C(F)(F)F. The minimum Gasteiger partial charge on any atom is -0.475 e. The molecule has 210 valence electrons. The molecule has 0 spiro atoms. The number of halogens is 6. The van der Waals surface area contributed by atoms with Crippen LogP contribution in [0.2, 0.25) is 0 Å². The van der Waals surface area contributed by atoms with E-state index in [1.165, 1.54) is 5.56 Å². The Kier molecular flexibility index (Phi) is 11.0. The van der Waals surface area contributed by atoms with Crippen LogP contribution in [0.1, 0.15) is 28.8 Å². The number of carboxylic acid groups (broad SMARTS) is 2. The largest absolute Gasteiger partial charge is 0.490 e. The predicted octanol–water partition coefficient (Wildman–Crippen LogP) is 3.57. The van der Waals surface area contributed by atoms with Crippen molar-refractivity contribution in [2.75, 3.05) is 13.2 Å². The lowest BCUT2D eigenvalue weighted by atomic mass is 10.0. The van der Waals surface area contributed by atoms with Gasteiger partial charge >= 0.3 is 24.3 Å². The molecule has 2 aromatic heterocycles. The average molecular weight is 571 g/mol. The van der Waals surface area contributed by atoms with E-state index in [-0.39, 0.29) is 18.1 Å². The van der Waals surface area contributed by atoms with Crippen LogP contribution in [-0.2, 0) is 20.9 Å². The van der Waals surface area contributed by atoms with Gasteiger partial charge in [-0.05, 0) is 47.4 Å². The number of rotatable bonds is 4. The first-order chi connectivity index (χ1) is 17.7. The molecule has 0 bridgehead atoms. The number of thiophene rings is 1. The molecular weight excluding hydrogens is 548 g/mol. The summed E-state index contributed by atoms with van der Waals surface area (Å²) in [5, 5.41) is 21.7. The highest BCUT2D eigenvalue weighted by Crippen LogP contribution is 2.30. The first-order valence-electron chi connectivity index (χ1n) is 10.9. The minimum absolute atomic E-state index is 0.0293. The first kappa shape index (κ1) is 31.0. The number of nitrogens with zero attached hydrogens (tertiary/aromatic N) is 2. The van der Waals surface area contributed by atoms with E-state index in [2.05, 4.69) is 32.0 Å². The standard InChI is InChI=1S/C18H21N3O2S.2C2HF3O2/c22-18(14-3-1-6-19-9-14)20-15-11-21(10-13-5-8-24-12-13)16-4-2-7-23-17(15)16;2*3-2(4,5)1(6)7/h1,3,5-6,8-9,12,15-17H,2,4,7,10-11H2,(H,20,22);2*(H,6,7)/t15-,16+,17+;;/m0../s1. The molecular formula is C22H23F6N3O6S. The lowest BCUT2D eigenvalue weighted by Crippen LogP contribution is -2.47. The molecule has 0 unspecified atom stereocenters. The maximum atomic E-state index is 12.5. The Morgan fingerprint density at radius 3 is 2.24 bits per heavy atom. The highest BCUT2D eigenvalue weighted by atomic mass is 32.1. The second-order valence-corrected chi connectivity index (χ2v) is 8.81. The maximum Gasteiger partial charge on any atom is 0.490 e. The molecule has 4 rings (SSSR count). The van der Waals surface area contributed by atoms with Gasteiger partial charge in [-0.25, -0.2) is 9.59 Å². The Bertz CT molecular complexity index is 1030. The van der Waals surface area contributed by atoms with Crippen molar-refractivity contribution >= 4 is 29.2 Å². The van der Waals surface area contributed by atoms with Crippen LogP contribution in [0.25, 0.3) is 0 Å². The van der Waals surface area contributed by atoms with E-state index in [4.69, 9.17) is 24.5 Å². The fourth-order valence-electron chi connectivity index (χ4n) is 3.73. The van der Waals surface area contributed by atoms with Crippen molar-refractivity contribution in [1.29, 1.82) is 0 Å². The normalized spacial score (nSPS) is 21.2. The zero-order chi connectivity index (χ0) is 28.5. The number of hydrogen-bond donors (Lipinski definition) is 3. The fraction of sp³-hybridized carbons (Fsp3) is 0.455. The third-order valence-corrected chi connectivity index (χ3v) is 6.05. The molecule has 3 N–H and O–H groups in total. The summed E-state index contributed by atoms with van der Waals surface area (Å²) in [5.74, 6) is -5.58. The molecule has 2 fully saturated rings. The van der Waals surface area contributed by atoms with Gasteiger partial charge in [0, 0.05) is 38.1 Å². The van der Waals surface area contributed by atoms with Crippen LogP contribution in [0.5, 0.6) is 0 Å². The zero-order valence-electron chi connectivity index (χ0n) is 19.4. The molecule has 38 heavy (non-hydrogen) atoms. The second kappa shape index (κ2) is 13.5. The number of carbonyl (C=O) groups is 3. The smallest absolute Gasteiger partial charge is 0.475 e. The third-order valence-electron chi connectivity index (χ3n) is 5.32. The minimum atomic E-state index is -5.08. The summed E-state index contributed by atoms with van der Waals surface area (Å²) in [4.78, 5) is 36.8. The second-order valence-electron chi connectivity index (χ2n) is 8.03. The number of aromatic nitrogens is 1. The highest BCUT2D eigenvalue weighted by Gasteiger charge is 2.44. The van der Waals surface area contributed by atoms with Crippen LogP contribution in [0.15, 0.2) is 41.4 Å². The Balaban J connectivity index is 0.000000301. The van der Waals surface area contributed by atoms with Crippen LogP contribution >= 0.6 is 11.3 Å². The van der Waals surface area contributed by atoms with Crippen LogP contribution in [-0.4, -0.2) is 81.6 Å². The van der Waals surface area contributed by atoms with Crippen LogP contribution in [0.4, 0.5) is 26.3 Å². The van der Waals surface area contributed by atoms with E-state index in [9.17, 15) is 31.1 Å². The summed E-state index contributed by atoms with van der Waals surface area (Å²) in [6.07, 6.45) is -4.58. The molecule has 2 aromatic rings. The molecule has 1 amide bonds. The summed E-state index contributed by atoms with van der Waals surface area (Å²) in [7, 11) is 0. The van der Waals surface area contributed by atoms with Crippen molar-refractivity contribution in [3.8, 4) is 0 Å². The molecule has 0 radical (unpaired) electrons. The molecule has 16 heteroatoms. The topological polar surface area (TPSA) is 129 Å². The number of alkyl halides is 6. The lowest BCUT2D eigenvalue weighted by molar-refractivity contribution is -0.193. The van der Waals surface area contributed by atoms with Gasteiger partial charge < -0.3 is 20.3 Å². The summed E-state index contributed by atoms with van der Waals surface area (Å²) < 4.78 is 69.5. The van der Waals surface area contributed by atoms with E-state index in [1.54, 1.807) is 35.9 Å². The molecule has 2 aliphatic heterocycles. The van der Waals surface area contributed by atoms with E-state index in [1.807, 2.05) is 0 Å². The maximum absolute atomic E-state index is 12.5. The summed E-state index contributed by atoms with van der Waals surface area (Å²) in [6, 6.07) is 6.16. The molecule has 2 aliphatic rings. The predicted molar refractivity (Wildman–Crippen MR) is 120 cm³/mol. The van der Waals surface area contributed by atoms with Crippen LogP contribution in [0.3, 0.4) is 0 Å². The summed E-state index contributed by atoms with van der Waals surface area (Å²) in [5.41, 5.74) is 1.93. The molecule has 0 aliphatic carbocycles. The molecule has 4 heterocycles. The number of pyridine rings is 1. The molecule has 3 atom stereocenters. The zero-order valence-corrected chi connectivity index (χ0v) is 20.2. The number of likely N-dealkylation sites (tertiary alicyclic amines) is 1. The van der Waals surface area contributed by atoms with Crippen molar-refractivity contribution in [2.24, 2.45) is 0 Å². The number of ether oxygens (including phenoxy) is 1. The number of carboxylic acids is 2. The highest BCUT2D eigenvalue weighted by molar-refractivity contribution is 7.07. The van der Waals surface area contributed by atoms with Crippen LogP contribution < -0.4 is 5.32 Å². The molecule has 9 nitrogen and oxygen atoms in total. The Hall–Kier alpha value is -3.24. The number of nitrogens with one attached hydrogen (secondary N) is 1. The van der Waals surface area contributed by atoms with Crippen molar-refractivity contribution in [1.82, 2.24) is 15.2 Å². The molecule has 0 saturated carbocycles. The van der Waals surface area contributed by atoms with Gasteiger partial charge in [-0.2, -0.15) is 37.7 Å². The van der Waals surface area contributed by atoms with Crippen molar-refractivity contribution in [3.05, 3.63) is 52.5 Å².